The van der Waals surface area contributed by atoms with Crippen LogP contribution in [0.15, 0.2) is 48.5 Å². The van der Waals surface area contributed by atoms with Gasteiger partial charge in [0.1, 0.15) is 5.82 Å². The van der Waals surface area contributed by atoms with E-state index in [-0.39, 0.29) is 0 Å². The van der Waals surface area contributed by atoms with Crippen molar-refractivity contribution in [1.82, 2.24) is 14.9 Å². The highest BCUT2D eigenvalue weighted by Crippen LogP contribution is 2.34. The molecule has 0 radical (unpaired) electrons. The van der Waals surface area contributed by atoms with Crippen molar-refractivity contribution in [3.63, 3.8) is 0 Å². The minimum Gasteiger partial charge on any atom is -0.330 e. The molecule has 3 heteroatoms. The van der Waals surface area contributed by atoms with Gasteiger partial charge < -0.3 is 9.88 Å². The average Bonchev–Trinajstić information content (AvgIpc) is 2.81. The first-order valence-electron chi connectivity index (χ1n) is 7.52. The molecule has 0 saturated carbocycles. The van der Waals surface area contributed by atoms with Crippen LogP contribution in [0.4, 0.5) is 0 Å². The van der Waals surface area contributed by atoms with Crippen LogP contribution in [0.1, 0.15) is 22.9 Å². The highest BCUT2D eigenvalue weighted by Gasteiger charge is 2.24. The van der Waals surface area contributed by atoms with E-state index in [0.29, 0.717) is 5.92 Å². The van der Waals surface area contributed by atoms with Crippen LogP contribution in [0.25, 0.3) is 11.0 Å². The fourth-order valence-corrected chi connectivity index (χ4v) is 3.26. The lowest BCUT2D eigenvalue weighted by atomic mass is 9.78. The average molecular weight is 277 g/mol. The van der Waals surface area contributed by atoms with Crippen LogP contribution in [-0.2, 0) is 20.0 Å². The molecule has 106 valence electrons. The quantitative estimate of drug-likeness (QED) is 0.794. The summed E-state index contributed by atoms with van der Waals surface area (Å²) in [5.74, 6) is 1.76. The maximum absolute atomic E-state index is 4.70. The van der Waals surface area contributed by atoms with Crippen molar-refractivity contribution in [2.24, 2.45) is 7.05 Å². The summed E-state index contributed by atoms with van der Waals surface area (Å²) in [6.45, 7) is 1.85. The zero-order valence-electron chi connectivity index (χ0n) is 12.2. The van der Waals surface area contributed by atoms with Crippen LogP contribution in [0, 0.1) is 0 Å². The summed E-state index contributed by atoms with van der Waals surface area (Å²) in [5.41, 5.74) is 5.29. The third-order valence-electron chi connectivity index (χ3n) is 4.51. The molecular weight excluding hydrogens is 258 g/mol. The molecule has 0 spiro atoms. The van der Waals surface area contributed by atoms with Gasteiger partial charge in [-0.05, 0) is 29.7 Å². The van der Waals surface area contributed by atoms with Crippen LogP contribution in [0.2, 0.25) is 0 Å². The van der Waals surface area contributed by atoms with E-state index >= 15 is 0 Å². The summed E-state index contributed by atoms with van der Waals surface area (Å²) in [4.78, 5) is 4.70. The molecule has 21 heavy (non-hydrogen) atoms. The van der Waals surface area contributed by atoms with E-state index in [1.807, 2.05) is 6.07 Å². The molecule has 0 saturated heterocycles. The third-order valence-corrected chi connectivity index (χ3v) is 4.51. The molecular formula is C18H19N3. The molecule has 1 unspecified atom stereocenters. The Morgan fingerprint density at radius 1 is 1.14 bits per heavy atom. The topological polar surface area (TPSA) is 29.9 Å². The summed E-state index contributed by atoms with van der Waals surface area (Å²) >= 11 is 0. The number of hydrogen-bond donors (Lipinski definition) is 1. The number of benzene rings is 2. The summed E-state index contributed by atoms with van der Waals surface area (Å²) < 4.78 is 2.18. The maximum Gasteiger partial charge on any atom is 0.123 e. The molecule has 0 amide bonds. The summed E-state index contributed by atoms with van der Waals surface area (Å²) in [7, 11) is 2.09. The Hall–Kier alpha value is -2.13. The molecule has 0 fully saturated rings. The van der Waals surface area contributed by atoms with Crippen molar-refractivity contribution in [3.05, 3.63) is 65.5 Å². The largest absolute Gasteiger partial charge is 0.330 e. The zero-order valence-corrected chi connectivity index (χ0v) is 12.2. The van der Waals surface area contributed by atoms with E-state index in [0.717, 1.165) is 24.4 Å². The second-order valence-corrected chi connectivity index (χ2v) is 5.81. The minimum absolute atomic E-state index is 0.663. The molecule has 3 aromatic rings. The van der Waals surface area contributed by atoms with Gasteiger partial charge in [0.2, 0.25) is 0 Å². The Labute approximate surface area is 124 Å². The molecule has 1 aliphatic carbocycles. The fourth-order valence-electron chi connectivity index (χ4n) is 3.26. The van der Waals surface area contributed by atoms with Crippen LogP contribution < -0.4 is 5.32 Å². The van der Waals surface area contributed by atoms with Gasteiger partial charge >= 0.3 is 0 Å². The fraction of sp³-hybridized carbons (Fsp3) is 0.278. The van der Waals surface area contributed by atoms with Crippen molar-refractivity contribution in [3.8, 4) is 0 Å². The third kappa shape index (κ3) is 2.14. The number of rotatable bonds is 4. The van der Waals surface area contributed by atoms with Gasteiger partial charge in [0.15, 0.2) is 0 Å². The van der Waals surface area contributed by atoms with Crippen molar-refractivity contribution >= 4 is 11.0 Å². The van der Waals surface area contributed by atoms with Crippen molar-refractivity contribution in [2.45, 2.75) is 18.9 Å². The van der Waals surface area contributed by atoms with Crippen LogP contribution in [0.3, 0.4) is 0 Å². The molecule has 1 atom stereocenters. The smallest absolute Gasteiger partial charge is 0.123 e. The second-order valence-electron chi connectivity index (χ2n) is 5.81. The Bertz CT molecular complexity index is 788. The van der Waals surface area contributed by atoms with Crippen molar-refractivity contribution < 1.29 is 0 Å². The lowest BCUT2D eigenvalue weighted by Gasteiger charge is -2.30. The number of imidazole rings is 1. The van der Waals surface area contributed by atoms with Gasteiger partial charge in [0.25, 0.3) is 0 Å². The number of aryl methyl sites for hydroxylation is 1. The summed E-state index contributed by atoms with van der Waals surface area (Å²) in [6.07, 6.45) is 1.20. The molecule has 4 rings (SSSR count). The highest BCUT2D eigenvalue weighted by atomic mass is 15.1. The molecule has 0 aliphatic heterocycles. The van der Waals surface area contributed by atoms with Gasteiger partial charge in [-0.2, -0.15) is 0 Å². The van der Waals surface area contributed by atoms with Gasteiger partial charge in [0, 0.05) is 19.5 Å². The van der Waals surface area contributed by atoms with Gasteiger partial charge in [0.05, 0.1) is 17.6 Å². The van der Waals surface area contributed by atoms with E-state index in [1.54, 1.807) is 0 Å². The van der Waals surface area contributed by atoms with Gasteiger partial charge in [-0.1, -0.05) is 36.4 Å². The summed E-state index contributed by atoms with van der Waals surface area (Å²) in [5, 5.41) is 3.56. The monoisotopic (exact) mass is 277 g/mol. The number of para-hydroxylation sites is 2. The Kier molecular flexibility index (Phi) is 3.00. The lowest BCUT2D eigenvalue weighted by molar-refractivity contribution is 0.524. The predicted molar refractivity (Wildman–Crippen MR) is 85.3 cm³/mol. The lowest BCUT2D eigenvalue weighted by Crippen LogP contribution is -2.29. The normalized spacial score (nSPS) is 16.7. The standard InChI is InChI=1S/C18H19N3/c1-21-17-9-5-4-8-16(17)20-18(21)12-19-11-14-10-13-6-2-3-7-15(13)14/h2-9,14,19H,10-12H2,1H3. The van der Waals surface area contributed by atoms with E-state index in [2.05, 4.69) is 59.4 Å². The van der Waals surface area contributed by atoms with Crippen molar-refractivity contribution in [1.29, 1.82) is 0 Å². The van der Waals surface area contributed by atoms with E-state index in [4.69, 9.17) is 4.98 Å². The number of hydrogen-bond acceptors (Lipinski definition) is 2. The molecule has 1 aromatic heterocycles. The van der Waals surface area contributed by atoms with Crippen LogP contribution in [-0.4, -0.2) is 16.1 Å². The van der Waals surface area contributed by atoms with Crippen LogP contribution >= 0.6 is 0 Å². The van der Waals surface area contributed by atoms with Crippen LogP contribution in [0.5, 0.6) is 0 Å². The molecule has 0 bridgehead atoms. The van der Waals surface area contributed by atoms with Gasteiger partial charge in [-0.25, -0.2) is 4.98 Å². The Balaban J connectivity index is 1.42. The molecule has 2 aromatic carbocycles. The first kappa shape index (κ1) is 12.6. The number of nitrogens with one attached hydrogen (secondary N) is 1. The predicted octanol–water partition coefficient (Wildman–Crippen LogP) is 3.00. The number of fused-ring (bicyclic) bond motifs is 2. The Morgan fingerprint density at radius 3 is 2.81 bits per heavy atom. The first-order valence-corrected chi connectivity index (χ1v) is 7.52. The molecule has 1 aliphatic rings. The van der Waals surface area contributed by atoms with E-state index in [1.165, 1.54) is 23.1 Å². The molecule has 3 nitrogen and oxygen atoms in total. The number of nitrogens with zero attached hydrogens (tertiary/aromatic N) is 2. The molecule has 1 N–H and O–H groups in total. The Morgan fingerprint density at radius 2 is 1.95 bits per heavy atom. The van der Waals surface area contributed by atoms with E-state index in [9.17, 15) is 0 Å². The van der Waals surface area contributed by atoms with Gasteiger partial charge in [-0.15, -0.1) is 0 Å². The molecule has 1 heterocycles. The highest BCUT2D eigenvalue weighted by molar-refractivity contribution is 5.75. The zero-order chi connectivity index (χ0) is 14.2. The number of aromatic nitrogens is 2. The van der Waals surface area contributed by atoms with Crippen molar-refractivity contribution in [2.75, 3.05) is 6.54 Å². The minimum atomic E-state index is 0.663. The second kappa shape index (κ2) is 5.01. The first-order chi connectivity index (χ1) is 10.3. The maximum atomic E-state index is 4.70. The van der Waals surface area contributed by atoms with E-state index < -0.39 is 0 Å². The summed E-state index contributed by atoms with van der Waals surface area (Å²) in [6, 6.07) is 17.0. The SMILES string of the molecule is Cn1c(CNCC2Cc3ccccc32)nc2ccccc21. The van der Waals surface area contributed by atoms with Gasteiger partial charge in [-0.3, -0.25) is 0 Å².